The van der Waals surface area contributed by atoms with E-state index in [0.29, 0.717) is 30.6 Å². The summed E-state index contributed by atoms with van der Waals surface area (Å²) < 4.78 is 11.2. The monoisotopic (exact) mass is 368 g/mol. The smallest absolute Gasteiger partial charge is 0.277 e. The molecule has 3 rings (SSSR count). The summed E-state index contributed by atoms with van der Waals surface area (Å²) in [5, 5.41) is 11.4. The van der Waals surface area contributed by atoms with Crippen molar-refractivity contribution in [2.24, 2.45) is 0 Å². The van der Waals surface area contributed by atoms with Crippen molar-refractivity contribution in [1.82, 2.24) is 20.1 Å². The highest BCUT2D eigenvalue weighted by atomic mass is 32.2. The molecular formula is C15H20N4O3S2. The summed E-state index contributed by atoms with van der Waals surface area (Å²) in [5.74, 6) is 0.873. The first-order chi connectivity index (χ1) is 11.5. The van der Waals surface area contributed by atoms with E-state index in [1.54, 1.807) is 11.3 Å². The van der Waals surface area contributed by atoms with E-state index in [2.05, 4.69) is 15.2 Å². The van der Waals surface area contributed by atoms with Crippen LogP contribution in [0.25, 0.3) is 0 Å². The zero-order chi connectivity index (χ0) is 17.1. The van der Waals surface area contributed by atoms with Crippen LogP contribution in [0.1, 0.15) is 30.4 Å². The maximum Gasteiger partial charge on any atom is 0.277 e. The fraction of sp³-hybridized carbons (Fsp3) is 0.600. The minimum Gasteiger partial charge on any atom is -0.416 e. The third-order valence-electron chi connectivity index (χ3n) is 3.54. The molecule has 24 heavy (non-hydrogen) atoms. The number of nitrogens with zero attached hydrogens (tertiary/aromatic N) is 4. The van der Waals surface area contributed by atoms with Crippen LogP contribution in [0.5, 0.6) is 0 Å². The fourth-order valence-electron chi connectivity index (χ4n) is 2.61. The normalized spacial score (nSPS) is 21.2. The molecule has 1 amide bonds. The van der Waals surface area contributed by atoms with Gasteiger partial charge >= 0.3 is 0 Å². The number of hydrogen-bond acceptors (Lipinski definition) is 8. The zero-order valence-corrected chi connectivity index (χ0v) is 15.5. The van der Waals surface area contributed by atoms with Crippen LogP contribution in [0, 0.1) is 6.92 Å². The second-order valence-electron chi connectivity index (χ2n) is 5.84. The first kappa shape index (κ1) is 17.4. The number of carbonyl (C=O) groups is 1. The average Bonchev–Trinajstić information content (AvgIpc) is 3.13. The predicted octanol–water partition coefficient (Wildman–Crippen LogP) is 2.15. The first-order valence-corrected chi connectivity index (χ1v) is 9.65. The van der Waals surface area contributed by atoms with Crippen molar-refractivity contribution < 1.29 is 13.9 Å². The molecular weight excluding hydrogens is 348 g/mol. The van der Waals surface area contributed by atoms with E-state index in [4.69, 9.17) is 9.15 Å². The van der Waals surface area contributed by atoms with Gasteiger partial charge in [0, 0.05) is 18.5 Å². The molecule has 9 heteroatoms. The van der Waals surface area contributed by atoms with Crippen LogP contribution in [-0.4, -0.2) is 57.0 Å². The summed E-state index contributed by atoms with van der Waals surface area (Å²) in [5.41, 5.74) is 0.921. The molecule has 0 N–H and O–H groups in total. The molecule has 0 aromatic carbocycles. The number of morpholine rings is 1. The Kier molecular flexibility index (Phi) is 5.52. The van der Waals surface area contributed by atoms with Gasteiger partial charge in [-0.2, -0.15) is 0 Å². The Labute approximate surface area is 148 Å². The van der Waals surface area contributed by atoms with Crippen molar-refractivity contribution in [1.29, 1.82) is 0 Å². The number of aryl methyl sites for hydroxylation is 1. The van der Waals surface area contributed by atoms with Gasteiger partial charge in [-0.3, -0.25) is 4.79 Å². The van der Waals surface area contributed by atoms with Crippen LogP contribution in [0.2, 0.25) is 0 Å². The lowest BCUT2D eigenvalue weighted by Gasteiger charge is -2.35. The molecule has 2 unspecified atom stereocenters. The van der Waals surface area contributed by atoms with Gasteiger partial charge in [-0.15, -0.1) is 21.5 Å². The van der Waals surface area contributed by atoms with Gasteiger partial charge in [-0.1, -0.05) is 11.8 Å². The molecule has 1 aliphatic rings. The van der Waals surface area contributed by atoms with E-state index in [1.165, 1.54) is 11.8 Å². The molecule has 2 aromatic rings. The second kappa shape index (κ2) is 7.62. The quantitative estimate of drug-likeness (QED) is 0.748. The summed E-state index contributed by atoms with van der Waals surface area (Å²) in [6, 6.07) is 0. The topological polar surface area (TPSA) is 81.4 Å². The molecule has 0 aliphatic carbocycles. The van der Waals surface area contributed by atoms with E-state index in [-0.39, 0.29) is 23.9 Å². The minimum absolute atomic E-state index is 0.0666. The maximum atomic E-state index is 12.3. The van der Waals surface area contributed by atoms with Gasteiger partial charge in [-0.05, 0) is 20.8 Å². The van der Waals surface area contributed by atoms with Crippen molar-refractivity contribution in [3.05, 3.63) is 22.0 Å². The van der Waals surface area contributed by atoms with E-state index in [1.807, 2.05) is 31.1 Å². The molecule has 0 bridgehead atoms. The standard InChI is InChI=1S/C15H20N4O3S2/c1-9-5-19(6-10(2)21-9)14(20)8-24-15-18-17-13(22-15)4-12-7-23-11(3)16-12/h7,9-10H,4-6,8H2,1-3H3. The molecule has 0 saturated carbocycles. The SMILES string of the molecule is Cc1nc(Cc2nnc(SCC(=O)N3CC(C)OC(C)C3)o2)cs1. The molecule has 3 heterocycles. The molecule has 1 saturated heterocycles. The number of carbonyl (C=O) groups excluding carboxylic acids is 1. The van der Waals surface area contributed by atoms with Gasteiger partial charge in [0.2, 0.25) is 11.8 Å². The van der Waals surface area contributed by atoms with Crippen molar-refractivity contribution in [2.45, 2.75) is 44.6 Å². The summed E-state index contributed by atoms with van der Waals surface area (Å²) >= 11 is 2.87. The van der Waals surface area contributed by atoms with E-state index < -0.39 is 0 Å². The van der Waals surface area contributed by atoms with Crippen LogP contribution in [-0.2, 0) is 16.0 Å². The lowest BCUT2D eigenvalue weighted by atomic mass is 10.2. The Morgan fingerprint density at radius 2 is 2.12 bits per heavy atom. The Bertz CT molecular complexity index is 692. The number of ether oxygens (including phenoxy) is 1. The molecule has 130 valence electrons. The Hall–Kier alpha value is -1.45. The highest BCUT2D eigenvalue weighted by molar-refractivity contribution is 7.99. The lowest BCUT2D eigenvalue weighted by molar-refractivity contribution is -0.140. The lowest BCUT2D eigenvalue weighted by Crippen LogP contribution is -2.48. The highest BCUT2D eigenvalue weighted by Gasteiger charge is 2.26. The van der Waals surface area contributed by atoms with Gasteiger partial charge < -0.3 is 14.1 Å². The van der Waals surface area contributed by atoms with E-state index in [0.717, 1.165) is 10.7 Å². The van der Waals surface area contributed by atoms with Crippen LogP contribution < -0.4 is 0 Å². The largest absolute Gasteiger partial charge is 0.416 e. The first-order valence-electron chi connectivity index (χ1n) is 7.79. The van der Waals surface area contributed by atoms with Gasteiger partial charge in [-0.25, -0.2) is 4.98 Å². The number of hydrogen-bond donors (Lipinski definition) is 0. The van der Waals surface area contributed by atoms with Crippen molar-refractivity contribution in [2.75, 3.05) is 18.8 Å². The Morgan fingerprint density at radius 3 is 2.79 bits per heavy atom. The Morgan fingerprint density at radius 1 is 1.38 bits per heavy atom. The third-order valence-corrected chi connectivity index (χ3v) is 5.16. The van der Waals surface area contributed by atoms with Gasteiger partial charge in [0.1, 0.15) is 0 Å². The highest BCUT2D eigenvalue weighted by Crippen LogP contribution is 2.20. The minimum atomic E-state index is 0.0666. The number of thiazole rings is 1. The van der Waals surface area contributed by atoms with Crippen LogP contribution in [0.4, 0.5) is 0 Å². The summed E-state index contributed by atoms with van der Waals surface area (Å²) in [6.07, 6.45) is 0.656. The summed E-state index contributed by atoms with van der Waals surface area (Å²) in [4.78, 5) is 18.5. The van der Waals surface area contributed by atoms with Crippen molar-refractivity contribution >= 4 is 29.0 Å². The van der Waals surface area contributed by atoms with E-state index in [9.17, 15) is 4.79 Å². The number of rotatable bonds is 5. The molecule has 7 nitrogen and oxygen atoms in total. The Balaban J connectivity index is 1.50. The molecule has 2 atom stereocenters. The number of amides is 1. The van der Waals surface area contributed by atoms with Crippen molar-refractivity contribution in [3.63, 3.8) is 0 Å². The molecule has 0 spiro atoms. The average molecular weight is 368 g/mol. The molecule has 2 aromatic heterocycles. The van der Waals surface area contributed by atoms with E-state index >= 15 is 0 Å². The summed E-state index contributed by atoms with van der Waals surface area (Å²) in [6.45, 7) is 7.17. The van der Waals surface area contributed by atoms with Gasteiger partial charge in [0.25, 0.3) is 5.22 Å². The summed E-state index contributed by atoms with van der Waals surface area (Å²) in [7, 11) is 0. The number of aromatic nitrogens is 3. The van der Waals surface area contributed by atoms with Crippen LogP contribution >= 0.6 is 23.1 Å². The molecule has 1 fully saturated rings. The fourth-order valence-corrected chi connectivity index (χ4v) is 3.90. The third kappa shape index (κ3) is 4.55. The second-order valence-corrected chi connectivity index (χ2v) is 7.83. The zero-order valence-electron chi connectivity index (χ0n) is 13.9. The van der Waals surface area contributed by atoms with Gasteiger partial charge in [0.15, 0.2) is 0 Å². The molecule has 0 radical (unpaired) electrons. The maximum absolute atomic E-state index is 12.3. The van der Waals surface area contributed by atoms with Crippen LogP contribution in [0.3, 0.4) is 0 Å². The predicted molar refractivity (Wildman–Crippen MR) is 91.3 cm³/mol. The number of thioether (sulfide) groups is 1. The molecule has 1 aliphatic heterocycles. The van der Waals surface area contributed by atoms with Crippen molar-refractivity contribution in [3.8, 4) is 0 Å². The van der Waals surface area contributed by atoms with Crippen LogP contribution in [0.15, 0.2) is 15.0 Å². The van der Waals surface area contributed by atoms with Gasteiger partial charge in [0.05, 0.1) is 35.1 Å².